The van der Waals surface area contributed by atoms with Crippen molar-refractivity contribution in [2.24, 2.45) is 0 Å². The standard InChI is InChI=1S/C8H18N2OS/c1-9-12(11)8-7-10-5-3-2-4-6-10/h9H,2-8H2,1H3. The highest BCUT2D eigenvalue weighted by Crippen LogP contribution is 2.07. The summed E-state index contributed by atoms with van der Waals surface area (Å²) >= 11 is 0. The molecule has 1 saturated heterocycles. The first kappa shape index (κ1) is 10.2. The van der Waals surface area contributed by atoms with Gasteiger partial charge in [-0.1, -0.05) is 6.42 Å². The third-order valence-corrected chi connectivity index (χ3v) is 3.28. The van der Waals surface area contributed by atoms with E-state index in [0.717, 1.165) is 12.3 Å². The molecule has 0 radical (unpaired) electrons. The second-order valence-electron chi connectivity index (χ2n) is 3.16. The van der Waals surface area contributed by atoms with Crippen LogP contribution in [0, 0.1) is 0 Å². The highest BCUT2D eigenvalue weighted by molar-refractivity contribution is 7.83. The van der Waals surface area contributed by atoms with Crippen LogP contribution in [0.5, 0.6) is 0 Å². The van der Waals surface area contributed by atoms with Crippen LogP contribution in [0.15, 0.2) is 0 Å². The van der Waals surface area contributed by atoms with Crippen LogP contribution in [-0.2, 0) is 11.0 Å². The predicted molar refractivity (Wildman–Crippen MR) is 52.4 cm³/mol. The fraction of sp³-hybridized carbons (Fsp3) is 1.00. The van der Waals surface area contributed by atoms with E-state index in [2.05, 4.69) is 9.62 Å². The number of likely N-dealkylation sites (tertiary alicyclic amines) is 1. The fourth-order valence-corrected chi connectivity index (χ4v) is 2.13. The lowest BCUT2D eigenvalue weighted by molar-refractivity contribution is 0.241. The highest BCUT2D eigenvalue weighted by Gasteiger charge is 2.09. The molecule has 1 N–H and O–H groups in total. The molecular formula is C8H18N2OS. The fourth-order valence-electron chi connectivity index (χ4n) is 1.50. The van der Waals surface area contributed by atoms with E-state index in [1.54, 1.807) is 7.05 Å². The monoisotopic (exact) mass is 190 g/mol. The Morgan fingerprint density at radius 2 is 2.00 bits per heavy atom. The Hall–Kier alpha value is 0.0700. The summed E-state index contributed by atoms with van der Waals surface area (Å²) in [5.41, 5.74) is 0. The summed E-state index contributed by atoms with van der Waals surface area (Å²) in [6.45, 7) is 3.37. The zero-order valence-corrected chi connectivity index (χ0v) is 8.53. The summed E-state index contributed by atoms with van der Waals surface area (Å²) in [6, 6.07) is 0. The van der Waals surface area contributed by atoms with E-state index in [4.69, 9.17) is 0 Å². The van der Waals surface area contributed by atoms with E-state index >= 15 is 0 Å². The van der Waals surface area contributed by atoms with Crippen molar-refractivity contribution in [1.82, 2.24) is 9.62 Å². The number of hydrogen-bond donors (Lipinski definition) is 1. The molecule has 1 rings (SSSR count). The van der Waals surface area contributed by atoms with Crippen LogP contribution in [0.2, 0.25) is 0 Å². The number of hydrogen-bond acceptors (Lipinski definition) is 2. The number of rotatable bonds is 4. The first-order chi connectivity index (χ1) is 5.83. The Morgan fingerprint density at radius 3 is 2.58 bits per heavy atom. The van der Waals surface area contributed by atoms with Crippen molar-refractivity contribution in [3.63, 3.8) is 0 Å². The molecule has 0 bridgehead atoms. The second kappa shape index (κ2) is 5.67. The zero-order chi connectivity index (χ0) is 8.81. The third kappa shape index (κ3) is 3.65. The Kier molecular flexibility index (Phi) is 4.80. The van der Waals surface area contributed by atoms with Crippen molar-refractivity contribution >= 4 is 11.0 Å². The molecule has 1 aliphatic rings. The first-order valence-electron chi connectivity index (χ1n) is 4.61. The molecule has 0 aliphatic carbocycles. The highest BCUT2D eigenvalue weighted by atomic mass is 32.2. The number of piperidine rings is 1. The van der Waals surface area contributed by atoms with Gasteiger partial charge in [-0.3, -0.25) is 0 Å². The van der Waals surface area contributed by atoms with Gasteiger partial charge < -0.3 is 4.90 Å². The molecule has 0 aromatic carbocycles. The van der Waals surface area contributed by atoms with Crippen LogP contribution >= 0.6 is 0 Å². The van der Waals surface area contributed by atoms with Crippen molar-refractivity contribution in [2.75, 3.05) is 32.4 Å². The van der Waals surface area contributed by atoms with Crippen LogP contribution in [0.4, 0.5) is 0 Å². The number of nitrogens with one attached hydrogen (secondary N) is 1. The molecule has 0 saturated carbocycles. The lowest BCUT2D eigenvalue weighted by Gasteiger charge is -2.25. The van der Waals surface area contributed by atoms with E-state index < -0.39 is 11.0 Å². The minimum atomic E-state index is -0.820. The third-order valence-electron chi connectivity index (χ3n) is 2.27. The summed E-state index contributed by atoms with van der Waals surface area (Å²) in [4.78, 5) is 2.40. The molecule has 1 aliphatic heterocycles. The van der Waals surface area contributed by atoms with E-state index in [0.29, 0.717) is 0 Å². The van der Waals surface area contributed by atoms with Crippen molar-refractivity contribution in [3.05, 3.63) is 0 Å². The lowest BCUT2D eigenvalue weighted by atomic mass is 10.1. The second-order valence-corrected chi connectivity index (χ2v) is 4.66. The Morgan fingerprint density at radius 1 is 1.33 bits per heavy atom. The molecule has 4 heteroatoms. The molecule has 3 nitrogen and oxygen atoms in total. The quantitative estimate of drug-likeness (QED) is 0.694. The predicted octanol–water partition coefficient (Wildman–Crippen LogP) is 0.355. The largest absolute Gasteiger partial charge is 0.302 e. The van der Waals surface area contributed by atoms with Crippen molar-refractivity contribution in [1.29, 1.82) is 0 Å². The maximum atomic E-state index is 11.0. The Bertz CT molecular complexity index is 146. The first-order valence-corrected chi connectivity index (χ1v) is 5.93. The van der Waals surface area contributed by atoms with Gasteiger partial charge in [-0.25, -0.2) is 8.93 Å². The van der Waals surface area contributed by atoms with Gasteiger partial charge in [0.15, 0.2) is 0 Å². The molecular weight excluding hydrogens is 172 g/mol. The average molecular weight is 190 g/mol. The molecule has 1 atom stereocenters. The maximum absolute atomic E-state index is 11.0. The van der Waals surface area contributed by atoms with Crippen molar-refractivity contribution < 1.29 is 4.21 Å². The van der Waals surface area contributed by atoms with Gasteiger partial charge in [0.1, 0.15) is 0 Å². The van der Waals surface area contributed by atoms with Crippen LogP contribution in [0.1, 0.15) is 19.3 Å². The van der Waals surface area contributed by atoms with E-state index in [-0.39, 0.29) is 0 Å². The van der Waals surface area contributed by atoms with Crippen LogP contribution < -0.4 is 4.72 Å². The maximum Gasteiger partial charge on any atom is 0.0925 e. The molecule has 0 aromatic rings. The zero-order valence-electron chi connectivity index (χ0n) is 7.71. The summed E-state index contributed by atoms with van der Waals surface area (Å²) in [5, 5.41) is 0. The molecule has 1 unspecified atom stereocenters. The summed E-state index contributed by atoms with van der Waals surface area (Å²) in [6.07, 6.45) is 3.99. The van der Waals surface area contributed by atoms with Crippen LogP contribution in [0.25, 0.3) is 0 Å². The van der Waals surface area contributed by atoms with Gasteiger partial charge in [-0.15, -0.1) is 0 Å². The number of nitrogens with zero attached hydrogens (tertiary/aromatic N) is 1. The smallest absolute Gasteiger partial charge is 0.0925 e. The van der Waals surface area contributed by atoms with E-state index in [9.17, 15) is 4.21 Å². The topological polar surface area (TPSA) is 32.3 Å². The molecule has 0 aromatic heterocycles. The molecule has 0 amide bonds. The van der Waals surface area contributed by atoms with E-state index in [1.807, 2.05) is 0 Å². The SMILES string of the molecule is CNS(=O)CCN1CCCCC1. The summed E-state index contributed by atoms with van der Waals surface area (Å²) in [5.74, 6) is 0.760. The van der Waals surface area contributed by atoms with E-state index in [1.165, 1.54) is 32.4 Å². The van der Waals surface area contributed by atoms with Gasteiger partial charge >= 0.3 is 0 Å². The van der Waals surface area contributed by atoms with Crippen LogP contribution in [0.3, 0.4) is 0 Å². The minimum absolute atomic E-state index is 0.760. The molecule has 1 fully saturated rings. The van der Waals surface area contributed by atoms with Gasteiger partial charge in [0.05, 0.1) is 16.7 Å². The van der Waals surface area contributed by atoms with Crippen LogP contribution in [-0.4, -0.2) is 41.5 Å². The molecule has 1 heterocycles. The lowest BCUT2D eigenvalue weighted by Crippen LogP contribution is -2.34. The molecule has 12 heavy (non-hydrogen) atoms. The summed E-state index contributed by atoms with van der Waals surface area (Å²) in [7, 11) is 0.922. The molecule has 72 valence electrons. The van der Waals surface area contributed by atoms with Crippen molar-refractivity contribution in [3.8, 4) is 0 Å². The summed E-state index contributed by atoms with van der Waals surface area (Å²) < 4.78 is 13.8. The van der Waals surface area contributed by atoms with Gasteiger partial charge in [0.25, 0.3) is 0 Å². The minimum Gasteiger partial charge on any atom is -0.302 e. The molecule has 0 spiro atoms. The normalized spacial score (nSPS) is 22.4. The average Bonchev–Trinajstić information content (AvgIpc) is 2.16. The van der Waals surface area contributed by atoms with Crippen molar-refractivity contribution in [2.45, 2.75) is 19.3 Å². The Balaban J connectivity index is 2.09. The van der Waals surface area contributed by atoms with Gasteiger partial charge in [-0.05, 0) is 33.0 Å². The van der Waals surface area contributed by atoms with Gasteiger partial charge in [0, 0.05) is 6.54 Å². The van der Waals surface area contributed by atoms with Gasteiger partial charge in [-0.2, -0.15) is 0 Å². The Labute approximate surface area is 77.1 Å². The van der Waals surface area contributed by atoms with Gasteiger partial charge in [0.2, 0.25) is 0 Å².